The quantitative estimate of drug-likeness (QED) is 0.615. The van der Waals surface area contributed by atoms with Crippen molar-refractivity contribution >= 4 is 11.7 Å². The number of piperazine rings is 1. The first kappa shape index (κ1) is 18.2. The van der Waals surface area contributed by atoms with E-state index in [2.05, 4.69) is 9.88 Å². The molecule has 4 rings (SSSR count). The molecule has 1 fully saturated rings. The van der Waals surface area contributed by atoms with Gasteiger partial charge in [-0.1, -0.05) is 12.1 Å². The average molecular weight is 378 g/mol. The summed E-state index contributed by atoms with van der Waals surface area (Å²) in [5.41, 5.74) is 1.81. The van der Waals surface area contributed by atoms with Crippen LogP contribution in [0.3, 0.4) is 0 Å². The molecular formula is C21H22N4O3. The topological polar surface area (TPSA) is 71.6 Å². The molecule has 7 heteroatoms. The highest BCUT2D eigenvalue weighted by atomic mass is 16.3. The minimum absolute atomic E-state index is 0.0294. The van der Waals surface area contributed by atoms with Gasteiger partial charge < -0.3 is 13.9 Å². The second-order valence-corrected chi connectivity index (χ2v) is 6.90. The van der Waals surface area contributed by atoms with Crippen LogP contribution in [0.1, 0.15) is 26.5 Å². The zero-order valence-corrected chi connectivity index (χ0v) is 15.5. The fourth-order valence-electron chi connectivity index (χ4n) is 3.35. The minimum atomic E-state index is -0.0294. The third-order valence-corrected chi connectivity index (χ3v) is 4.95. The average Bonchev–Trinajstić information content (AvgIpc) is 3.43. The summed E-state index contributed by atoms with van der Waals surface area (Å²) in [5, 5.41) is 0. The fourth-order valence-corrected chi connectivity index (χ4v) is 3.35. The van der Waals surface area contributed by atoms with E-state index >= 15 is 0 Å². The number of carbonyl (C=O) groups is 2. The van der Waals surface area contributed by atoms with E-state index in [0.717, 1.165) is 12.1 Å². The lowest BCUT2D eigenvalue weighted by Gasteiger charge is -2.34. The van der Waals surface area contributed by atoms with Crippen LogP contribution in [-0.4, -0.2) is 63.8 Å². The smallest absolute Gasteiger partial charge is 0.253 e. The molecule has 28 heavy (non-hydrogen) atoms. The summed E-state index contributed by atoms with van der Waals surface area (Å²) in [6, 6.07) is 11.1. The number of hydrogen-bond acceptors (Lipinski definition) is 5. The van der Waals surface area contributed by atoms with Gasteiger partial charge in [-0.3, -0.25) is 14.5 Å². The zero-order valence-electron chi connectivity index (χ0n) is 15.5. The SMILES string of the molecule is O=C(CN1CCN(C(=O)c2ccc(Cn3ccnc3)cc2)CC1)c1ccco1. The normalized spacial score (nSPS) is 14.9. The van der Waals surface area contributed by atoms with Crippen molar-refractivity contribution in [1.82, 2.24) is 19.4 Å². The third-order valence-electron chi connectivity index (χ3n) is 4.95. The maximum atomic E-state index is 12.8. The predicted octanol–water partition coefficient (Wildman–Crippen LogP) is 2.17. The second kappa shape index (κ2) is 8.22. The molecule has 144 valence electrons. The molecule has 1 aliphatic heterocycles. The molecule has 0 aliphatic carbocycles. The molecule has 1 amide bonds. The molecule has 0 atom stereocenters. The van der Waals surface area contributed by atoms with Gasteiger partial charge in [-0.2, -0.15) is 0 Å². The summed E-state index contributed by atoms with van der Waals surface area (Å²) in [4.78, 5) is 32.8. The third kappa shape index (κ3) is 4.20. The Morgan fingerprint density at radius 1 is 1.04 bits per heavy atom. The Balaban J connectivity index is 1.29. The minimum Gasteiger partial charge on any atom is -0.461 e. The highest BCUT2D eigenvalue weighted by Gasteiger charge is 2.24. The molecule has 0 bridgehead atoms. The zero-order chi connectivity index (χ0) is 19.3. The summed E-state index contributed by atoms with van der Waals surface area (Å²) in [6.45, 7) is 3.63. The number of benzene rings is 1. The molecular weight excluding hydrogens is 356 g/mol. The van der Waals surface area contributed by atoms with E-state index in [1.807, 2.05) is 39.9 Å². The summed E-state index contributed by atoms with van der Waals surface area (Å²) >= 11 is 0. The van der Waals surface area contributed by atoms with Gasteiger partial charge in [-0.25, -0.2) is 4.98 Å². The van der Waals surface area contributed by atoms with E-state index in [0.29, 0.717) is 44.0 Å². The predicted molar refractivity (Wildman–Crippen MR) is 103 cm³/mol. The van der Waals surface area contributed by atoms with Gasteiger partial charge in [0.05, 0.1) is 19.1 Å². The molecule has 2 aromatic heterocycles. The standard InChI is InChI=1S/C21H22N4O3/c26-19(20-2-1-13-28-20)15-23-9-11-25(12-10-23)21(27)18-5-3-17(4-6-18)14-24-8-7-22-16-24/h1-8,13,16H,9-12,14-15H2. The van der Waals surface area contributed by atoms with Gasteiger partial charge in [-0.05, 0) is 29.8 Å². The van der Waals surface area contributed by atoms with Crippen LogP contribution in [-0.2, 0) is 6.54 Å². The van der Waals surface area contributed by atoms with Crippen LogP contribution < -0.4 is 0 Å². The van der Waals surface area contributed by atoms with Gasteiger partial charge in [0.15, 0.2) is 5.76 Å². The molecule has 7 nitrogen and oxygen atoms in total. The fraction of sp³-hybridized carbons (Fsp3) is 0.286. The van der Waals surface area contributed by atoms with Crippen LogP contribution in [0.4, 0.5) is 0 Å². The maximum Gasteiger partial charge on any atom is 0.253 e. The number of carbonyl (C=O) groups excluding carboxylic acids is 2. The lowest BCUT2D eigenvalue weighted by molar-refractivity contribution is 0.0620. The number of nitrogens with zero attached hydrogens (tertiary/aromatic N) is 4. The van der Waals surface area contributed by atoms with Crippen molar-refractivity contribution in [2.75, 3.05) is 32.7 Å². The molecule has 1 aliphatic rings. The van der Waals surface area contributed by atoms with Crippen molar-refractivity contribution in [1.29, 1.82) is 0 Å². The van der Waals surface area contributed by atoms with Crippen LogP contribution in [0, 0.1) is 0 Å². The monoisotopic (exact) mass is 378 g/mol. The number of rotatable bonds is 6. The Labute approximate surface area is 163 Å². The van der Waals surface area contributed by atoms with Crippen molar-refractivity contribution in [3.05, 3.63) is 78.3 Å². The molecule has 0 unspecified atom stereocenters. The number of aromatic nitrogens is 2. The van der Waals surface area contributed by atoms with E-state index in [1.165, 1.54) is 6.26 Å². The van der Waals surface area contributed by atoms with Gasteiger partial charge >= 0.3 is 0 Å². The van der Waals surface area contributed by atoms with Crippen LogP contribution in [0.2, 0.25) is 0 Å². The summed E-state index contributed by atoms with van der Waals surface area (Å²) in [6.07, 6.45) is 6.94. The highest BCUT2D eigenvalue weighted by Crippen LogP contribution is 2.12. The molecule has 0 N–H and O–H groups in total. The summed E-state index contributed by atoms with van der Waals surface area (Å²) < 4.78 is 7.14. The second-order valence-electron chi connectivity index (χ2n) is 6.90. The molecule has 1 saturated heterocycles. The first-order chi connectivity index (χ1) is 13.7. The number of ketones is 1. The Hall–Kier alpha value is -3.19. The first-order valence-corrected chi connectivity index (χ1v) is 9.32. The Morgan fingerprint density at radius 2 is 1.82 bits per heavy atom. The highest BCUT2D eigenvalue weighted by molar-refractivity contribution is 5.95. The van der Waals surface area contributed by atoms with E-state index in [9.17, 15) is 9.59 Å². The largest absolute Gasteiger partial charge is 0.461 e. The molecule has 3 aromatic rings. The number of hydrogen-bond donors (Lipinski definition) is 0. The molecule has 0 spiro atoms. The van der Waals surface area contributed by atoms with Gasteiger partial charge in [0.25, 0.3) is 5.91 Å². The van der Waals surface area contributed by atoms with Gasteiger partial charge in [0.2, 0.25) is 5.78 Å². The van der Waals surface area contributed by atoms with Gasteiger partial charge in [0, 0.05) is 50.7 Å². The van der Waals surface area contributed by atoms with Crippen molar-refractivity contribution < 1.29 is 14.0 Å². The number of furan rings is 1. The van der Waals surface area contributed by atoms with Crippen LogP contribution in [0.25, 0.3) is 0 Å². The molecule has 0 saturated carbocycles. The van der Waals surface area contributed by atoms with Crippen LogP contribution >= 0.6 is 0 Å². The molecule has 3 heterocycles. The van der Waals surface area contributed by atoms with Crippen molar-refractivity contribution in [3.63, 3.8) is 0 Å². The first-order valence-electron chi connectivity index (χ1n) is 9.32. The van der Waals surface area contributed by atoms with Gasteiger partial charge in [-0.15, -0.1) is 0 Å². The summed E-state index contributed by atoms with van der Waals surface area (Å²) in [5.74, 6) is 0.388. The number of imidazole rings is 1. The maximum absolute atomic E-state index is 12.8. The molecule has 1 aromatic carbocycles. The Bertz CT molecular complexity index is 909. The van der Waals surface area contributed by atoms with E-state index in [-0.39, 0.29) is 11.7 Å². The van der Waals surface area contributed by atoms with E-state index in [1.54, 1.807) is 24.7 Å². The lowest BCUT2D eigenvalue weighted by atomic mass is 10.1. The van der Waals surface area contributed by atoms with Crippen molar-refractivity contribution in [3.8, 4) is 0 Å². The summed E-state index contributed by atoms with van der Waals surface area (Å²) in [7, 11) is 0. The van der Waals surface area contributed by atoms with Crippen molar-refractivity contribution in [2.45, 2.75) is 6.54 Å². The van der Waals surface area contributed by atoms with Crippen LogP contribution in [0.5, 0.6) is 0 Å². The van der Waals surface area contributed by atoms with E-state index in [4.69, 9.17) is 4.42 Å². The van der Waals surface area contributed by atoms with Gasteiger partial charge in [0.1, 0.15) is 0 Å². The number of amides is 1. The Morgan fingerprint density at radius 3 is 2.46 bits per heavy atom. The Kier molecular flexibility index (Phi) is 5.34. The van der Waals surface area contributed by atoms with E-state index < -0.39 is 0 Å². The lowest BCUT2D eigenvalue weighted by Crippen LogP contribution is -2.49. The van der Waals surface area contributed by atoms with Crippen molar-refractivity contribution in [2.24, 2.45) is 0 Å². The number of Topliss-reactive ketones (excluding diaryl/α,β-unsaturated/α-hetero) is 1. The van der Waals surface area contributed by atoms with Crippen LogP contribution in [0.15, 0.2) is 65.8 Å². The molecule has 0 radical (unpaired) electrons.